The van der Waals surface area contributed by atoms with Gasteiger partial charge in [0.25, 0.3) is 0 Å². The zero-order chi connectivity index (χ0) is 8.39. The molecule has 2 nitrogen and oxygen atoms in total. The molecule has 0 saturated carbocycles. The first kappa shape index (κ1) is 7.62. The van der Waals surface area contributed by atoms with Crippen molar-refractivity contribution in [3.8, 4) is 0 Å². The molecule has 2 heteroatoms. The van der Waals surface area contributed by atoms with Crippen LogP contribution in [0.5, 0.6) is 0 Å². The molecule has 2 N–H and O–H groups in total. The van der Waals surface area contributed by atoms with Gasteiger partial charge in [0.15, 0.2) is 0 Å². The van der Waals surface area contributed by atoms with Crippen LogP contribution in [0.4, 0.5) is 5.69 Å². The predicted octanol–water partition coefficient (Wildman–Crippen LogP) is 1.76. The second kappa shape index (κ2) is 3.15. The molecule has 1 aliphatic rings. The minimum atomic E-state index is 0.607. The Kier molecular flexibility index (Phi) is 2.00. The molecule has 2 rings (SSSR count). The minimum absolute atomic E-state index is 0.607. The zero-order valence-electron chi connectivity index (χ0n) is 7.30. The van der Waals surface area contributed by atoms with Gasteiger partial charge in [0, 0.05) is 18.8 Å². The van der Waals surface area contributed by atoms with Gasteiger partial charge in [-0.25, -0.2) is 0 Å². The van der Waals surface area contributed by atoms with Crippen LogP contribution in [0, 0.1) is 0 Å². The van der Waals surface area contributed by atoms with Gasteiger partial charge < -0.3 is 10.6 Å². The Morgan fingerprint density at radius 1 is 1.33 bits per heavy atom. The molecule has 1 saturated heterocycles. The maximum Gasteiger partial charge on any atom is 0.0337 e. The van der Waals surface area contributed by atoms with Crippen LogP contribution in [0.25, 0.3) is 0 Å². The van der Waals surface area contributed by atoms with Crippen LogP contribution in [0.3, 0.4) is 0 Å². The molecule has 1 aromatic carbocycles. The molecule has 0 spiro atoms. The lowest BCUT2D eigenvalue weighted by atomic mass is 9.98. The third-order valence-electron chi connectivity index (χ3n) is 2.43. The van der Waals surface area contributed by atoms with E-state index in [9.17, 15) is 0 Å². The summed E-state index contributed by atoms with van der Waals surface area (Å²) in [5.74, 6) is 0. The number of anilines is 1. The summed E-state index contributed by atoms with van der Waals surface area (Å²) in [5.41, 5.74) is 2.58. The molecule has 0 aliphatic carbocycles. The van der Waals surface area contributed by atoms with Gasteiger partial charge in [-0.05, 0) is 30.7 Å². The molecule has 0 bridgehead atoms. The average Bonchev–Trinajstić information content (AvgIpc) is 2.03. The van der Waals surface area contributed by atoms with E-state index >= 15 is 0 Å². The highest BCUT2D eigenvalue weighted by molar-refractivity contribution is 5.44. The van der Waals surface area contributed by atoms with E-state index in [0.717, 1.165) is 0 Å². The van der Waals surface area contributed by atoms with Crippen LogP contribution in [0.1, 0.15) is 18.0 Å². The SMILES string of the molecule is CNc1ccc([C@H]2CCN2)cc1. The van der Waals surface area contributed by atoms with Gasteiger partial charge in [0.1, 0.15) is 0 Å². The first-order chi connectivity index (χ1) is 5.90. The normalized spacial score (nSPS) is 21.6. The van der Waals surface area contributed by atoms with Crippen molar-refractivity contribution in [1.82, 2.24) is 5.32 Å². The molecule has 0 unspecified atom stereocenters. The summed E-state index contributed by atoms with van der Waals surface area (Å²) in [5, 5.41) is 6.49. The van der Waals surface area contributed by atoms with Crippen LogP contribution in [0.2, 0.25) is 0 Å². The van der Waals surface area contributed by atoms with Crippen molar-refractivity contribution >= 4 is 5.69 Å². The van der Waals surface area contributed by atoms with Gasteiger partial charge in [-0.2, -0.15) is 0 Å². The van der Waals surface area contributed by atoms with Crippen molar-refractivity contribution in [2.24, 2.45) is 0 Å². The lowest BCUT2D eigenvalue weighted by Crippen LogP contribution is -2.34. The number of benzene rings is 1. The molecule has 1 atom stereocenters. The maximum absolute atomic E-state index is 3.38. The summed E-state index contributed by atoms with van der Waals surface area (Å²) >= 11 is 0. The van der Waals surface area contributed by atoms with Crippen molar-refractivity contribution in [3.63, 3.8) is 0 Å². The van der Waals surface area contributed by atoms with Gasteiger partial charge in [-0.15, -0.1) is 0 Å². The highest BCUT2D eigenvalue weighted by Crippen LogP contribution is 2.23. The Bertz CT molecular complexity index is 249. The van der Waals surface area contributed by atoms with Gasteiger partial charge in [0.2, 0.25) is 0 Å². The molecular formula is C10H14N2. The first-order valence-corrected chi connectivity index (χ1v) is 4.41. The molecule has 0 amide bonds. The molecule has 1 aliphatic heterocycles. The summed E-state index contributed by atoms with van der Waals surface area (Å²) in [4.78, 5) is 0. The van der Waals surface area contributed by atoms with Crippen LogP contribution in [-0.4, -0.2) is 13.6 Å². The fraction of sp³-hybridized carbons (Fsp3) is 0.400. The van der Waals surface area contributed by atoms with E-state index < -0.39 is 0 Å². The fourth-order valence-electron chi connectivity index (χ4n) is 1.46. The Labute approximate surface area is 73.0 Å². The van der Waals surface area contributed by atoms with E-state index in [4.69, 9.17) is 0 Å². The third-order valence-corrected chi connectivity index (χ3v) is 2.43. The summed E-state index contributed by atoms with van der Waals surface area (Å²) in [6.45, 7) is 1.17. The molecule has 12 heavy (non-hydrogen) atoms. The van der Waals surface area contributed by atoms with Gasteiger partial charge >= 0.3 is 0 Å². The van der Waals surface area contributed by atoms with Crippen molar-refractivity contribution in [3.05, 3.63) is 29.8 Å². The molecule has 1 aromatic rings. The van der Waals surface area contributed by atoms with Gasteiger partial charge in [-0.1, -0.05) is 12.1 Å². The highest BCUT2D eigenvalue weighted by Gasteiger charge is 2.17. The van der Waals surface area contributed by atoms with E-state index in [1.54, 1.807) is 0 Å². The van der Waals surface area contributed by atoms with Gasteiger partial charge in [-0.3, -0.25) is 0 Å². The second-order valence-corrected chi connectivity index (χ2v) is 3.17. The molecular weight excluding hydrogens is 148 g/mol. The Hall–Kier alpha value is -1.02. The van der Waals surface area contributed by atoms with E-state index in [1.807, 2.05) is 7.05 Å². The van der Waals surface area contributed by atoms with Crippen molar-refractivity contribution in [2.75, 3.05) is 18.9 Å². The second-order valence-electron chi connectivity index (χ2n) is 3.17. The fourth-order valence-corrected chi connectivity index (χ4v) is 1.46. The van der Waals surface area contributed by atoms with Crippen molar-refractivity contribution in [1.29, 1.82) is 0 Å². The zero-order valence-corrected chi connectivity index (χ0v) is 7.30. The molecule has 0 aromatic heterocycles. The molecule has 1 heterocycles. The van der Waals surface area contributed by atoms with Crippen LogP contribution in [0.15, 0.2) is 24.3 Å². The van der Waals surface area contributed by atoms with E-state index in [0.29, 0.717) is 6.04 Å². The minimum Gasteiger partial charge on any atom is -0.388 e. The Morgan fingerprint density at radius 2 is 2.00 bits per heavy atom. The van der Waals surface area contributed by atoms with E-state index in [2.05, 4.69) is 34.9 Å². The van der Waals surface area contributed by atoms with Crippen LogP contribution in [-0.2, 0) is 0 Å². The lowest BCUT2D eigenvalue weighted by Gasteiger charge is -2.28. The van der Waals surface area contributed by atoms with E-state index in [-0.39, 0.29) is 0 Å². The topological polar surface area (TPSA) is 24.1 Å². The highest BCUT2D eigenvalue weighted by atomic mass is 15.0. The van der Waals surface area contributed by atoms with E-state index in [1.165, 1.54) is 24.2 Å². The first-order valence-electron chi connectivity index (χ1n) is 4.41. The number of hydrogen-bond acceptors (Lipinski definition) is 2. The van der Waals surface area contributed by atoms with Crippen molar-refractivity contribution in [2.45, 2.75) is 12.5 Å². The summed E-state index contributed by atoms with van der Waals surface area (Å²) < 4.78 is 0. The summed E-state index contributed by atoms with van der Waals surface area (Å²) in [6, 6.07) is 9.21. The van der Waals surface area contributed by atoms with Crippen LogP contribution < -0.4 is 10.6 Å². The monoisotopic (exact) mass is 162 g/mol. The molecule has 64 valence electrons. The average molecular weight is 162 g/mol. The molecule has 0 radical (unpaired) electrons. The Balaban J connectivity index is 2.13. The quantitative estimate of drug-likeness (QED) is 0.692. The van der Waals surface area contributed by atoms with Crippen LogP contribution >= 0.6 is 0 Å². The summed E-state index contributed by atoms with van der Waals surface area (Å²) in [6.07, 6.45) is 1.28. The lowest BCUT2D eigenvalue weighted by molar-refractivity contribution is 0.383. The number of hydrogen-bond donors (Lipinski definition) is 2. The predicted molar refractivity (Wildman–Crippen MR) is 51.3 cm³/mol. The molecule has 1 fully saturated rings. The standard InChI is InChI=1S/C10H14N2/c1-11-9-4-2-8(3-5-9)10-6-7-12-10/h2-5,10-12H,6-7H2,1H3/t10-/m1/s1. The summed E-state index contributed by atoms with van der Waals surface area (Å²) in [7, 11) is 1.94. The third kappa shape index (κ3) is 1.30. The van der Waals surface area contributed by atoms with Gasteiger partial charge in [0.05, 0.1) is 0 Å². The number of rotatable bonds is 2. The number of nitrogens with one attached hydrogen (secondary N) is 2. The smallest absolute Gasteiger partial charge is 0.0337 e. The largest absolute Gasteiger partial charge is 0.388 e. The van der Waals surface area contributed by atoms with Crippen molar-refractivity contribution < 1.29 is 0 Å². The Morgan fingerprint density at radius 3 is 2.42 bits per heavy atom. The maximum atomic E-state index is 3.38.